The summed E-state index contributed by atoms with van der Waals surface area (Å²) in [5, 5.41) is 0.306. The van der Waals surface area contributed by atoms with Crippen molar-refractivity contribution in [2.75, 3.05) is 0 Å². The van der Waals surface area contributed by atoms with E-state index in [9.17, 15) is 9.18 Å². The highest BCUT2D eigenvalue weighted by Crippen LogP contribution is 2.34. The van der Waals surface area contributed by atoms with Crippen LogP contribution in [0.5, 0.6) is 0 Å². The quantitative estimate of drug-likeness (QED) is 0.847. The highest BCUT2D eigenvalue weighted by atomic mass is 35.5. The number of rotatable bonds is 3. The molecule has 0 spiro atoms. The minimum absolute atomic E-state index is 0.00338. The van der Waals surface area contributed by atoms with E-state index in [1.165, 1.54) is 12.1 Å². The first-order valence-electron chi connectivity index (χ1n) is 6.53. The van der Waals surface area contributed by atoms with Crippen molar-refractivity contribution >= 4 is 17.4 Å². The predicted octanol–water partition coefficient (Wildman–Crippen LogP) is 3.65. The van der Waals surface area contributed by atoms with Gasteiger partial charge in [-0.15, -0.1) is 0 Å². The van der Waals surface area contributed by atoms with Gasteiger partial charge in [-0.2, -0.15) is 0 Å². The van der Waals surface area contributed by atoms with Crippen LogP contribution in [0.3, 0.4) is 0 Å². The van der Waals surface area contributed by atoms with Crippen molar-refractivity contribution in [3.8, 4) is 0 Å². The lowest BCUT2D eigenvalue weighted by Gasteiger charge is -2.17. The summed E-state index contributed by atoms with van der Waals surface area (Å²) in [6.45, 7) is 5.86. The van der Waals surface area contributed by atoms with Gasteiger partial charge in [0.1, 0.15) is 11.6 Å². The highest BCUT2D eigenvalue weighted by Gasteiger charge is 2.41. The Hall–Kier alpha value is -0.930. The molecule has 0 saturated carbocycles. The van der Waals surface area contributed by atoms with Crippen molar-refractivity contribution in [2.45, 2.75) is 39.4 Å². The van der Waals surface area contributed by atoms with Gasteiger partial charge in [-0.05, 0) is 31.9 Å². The first-order valence-corrected chi connectivity index (χ1v) is 6.90. The Morgan fingerprint density at radius 3 is 2.53 bits per heavy atom. The van der Waals surface area contributed by atoms with E-state index < -0.39 is 5.82 Å². The Balaban J connectivity index is 2.18. The predicted molar refractivity (Wildman–Crippen MR) is 72.8 cm³/mol. The van der Waals surface area contributed by atoms with Crippen LogP contribution in [0.4, 0.5) is 4.39 Å². The van der Waals surface area contributed by atoms with Gasteiger partial charge in [0.05, 0.1) is 12.2 Å². The van der Waals surface area contributed by atoms with Gasteiger partial charge in [0, 0.05) is 22.9 Å². The van der Waals surface area contributed by atoms with Crippen molar-refractivity contribution in [2.24, 2.45) is 11.8 Å². The van der Waals surface area contributed by atoms with Gasteiger partial charge in [-0.25, -0.2) is 4.39 Å². The van der Waals surface area contributed by atoms with E-state index >= 15 is 0 Å². The SMILES string of the molecule is CC1OC(C)C(C(=O)Cc2c(F)cccc2Cl)C1C. The molecule has 0 amide bonds. The lowest BCUT2D eigenvalue weighted by atomic mass is 9.84. The van der Waals surface area contributed by atoms with Gasteiger partial charge in [-0.1, -0.05) is 24.6 Å². The fourth-order valence-electron chi connectivity index (χ4n) is 2.81. The molecule has 1 aromatic carbocycles. The molecule has 1 fully saturated rings. The molecule has 4 atom stereocenters. The standard InChI is InChI=1S/C15H18ClFO2/c1-8-9(2)19-10(3)15(8)14(18)7-11-12(16)5-4-6-13(11)17/h4-6,8-10,15H,7H2,1-3H3. The molecule has 1 aromatic rings. The van der Waals surface area contributed by atoms with Gasteiger partial charge in [-0.3, -0.25) is 4.79 Å². The van der Waals surface area contributed by atoms with E-state index in [4.69, 9.17) is 16.3 Å². The molecule has 1 aliphatic heterocycles. The number of ketones is 1. The van der Waals surface area contributed by atoms with Crippen molar-refractivity contribution < 1.29 is 13.9 Å². The number of hydrogen-bond donors (Lipinski definition) is 0. The number of carbonyl (C=O) groups excluding carboxylic acids is 1. The van der Waals surface area contributed by atoms with E-state index in [1.54, 1.807) is 6.07 Å². The first-order chi connectivity index (χ1) is 8.91. The van der Waals surface area contributed by atoms with Crippen molar-refractivity contribution in [1.29, 1.82) is 0 Å². The molecule has 19 heavy (non-hydrogen) atoms. The van der Waals surface area contributed by atoms with E-state index in [0.717, 1.165) is 0 Å². The molecule has 104 valence electrons. The van der Waals surface area contributed by atoms with Crippen LogP contribution in [-0.2, 0) is 16.0 Å². The maximum absolute atomic E-state index is 13.7. The molecule has 1 aliphatic rings. The molecule has 4 unspecified atom stereocenters. The summed E-state index contributed by atoms with van der Waals surface area (Å²) in [4.78, 5) is 12.4. The van der Waals surface area contributed by atoms with E-state index in [1.807, 2.05) is 20.8 Å². The second-order valence-electron chi connectivity index (χ2n) is 5.27. The molecule has 0 N–H and O–H groups in total. The summed E-state index contributed by atoms with van der Waals surface area (Å²) in [7, 11) is 0. The largest absolute Gasteiger partial charge is 0.375 e. The fourth-order valence-corrected chi connectivity index (χ4v) is 3.04. The molecular weight excluding hydrogens is 267 g/mol. The van der Waals surface area contributed by atoms with Crippen LogP contribution in [-0.4, -0.2) is 18.0 Å². The highest BCUT2D eigenvalue weighted by molar-refractivity contribution is 6.31. The number of benzene rings is 1. The third kappa shape index (κ3) is 2.82. The minimum atomic E-state index is -0.423. The maximum atomic E-state index is 13.7. The Morgan fingerprint density at radius 1 is 1.32 bits per heavy atom. The van der Waals surface area contributed by atoms with Crippen LogP contribution < -0.4 is 0 Å². The topological polar surface area (TPSA) is 26.3 Å². The molecule has 0 aliphatic carbocycles. The van der Waals surface area contributed by atoms with E-state index in [0.29, 0.717) is 5.02 Å². The lowest BCUT2D eigenvalue weighted by molar-refractivity contribution is -0.124. The normalized spacial score (nSPS) is 30.6. The second-order valence-corrected chi connectivity index (χ2v) is 5.68. The van der Waals surface area contributed by atoms with Crippen LogP contribution in [0.2, 0.25) is 5.02 Å². The monoisotopic (exact) mass is 284 g/mol. The van der Waals surface area contributed by atoms with Gasteiger partial charge >= 0.3 is 0 Å². The lowest BCUT2D eigenvalue weighted by Crippen LogP contribution is -2.28. The van der Waals surface area contributed by atoms with Crippen LogP contribution in [0, 0.1) is 17.7 Å². The third-order valence-corrected chi connectivity index (χ3v) is 4.38. The molecule has 0 radical (unpaired) electrons. The van der Waals surface area contributed by atoms with Crippen molar-refractivity contribution in [3.05, 3.63) is 34.6 Å². The smallest absolute Gasteiger partial charge is 0.143 e. The van der Waals surface area contributed by atoms with Crippen LogP contribution >= 0.6 is 11.6 Å². The Labute approximate surface area is 117 Å². The van der Waals surface area contributed by atoms with Gasteiger partial charge < -0.3 is 4.74 Å². The molecule has 4 heteroatoms. The van der Waals surface area contributed by atoms with Crippen molar-refractivity contribution in [1.82, 2.24) is 0 Å². The van der Waals surface area contributed by atoms with Crippen LogP contribution in [0.15, 0.2) is 18.2 Å². The summed E-state index contributed by atoms with van der Waals surface area (Å²) >= 11 is 5.96. The fraction of sp³-hybridized carbons (Fsp3) is 0.533. The average molecular weight is 285 g/mol. The number of halogens is 2. The Morgan fingerprint density at radius 2 is 2.00 bits per heavy atom. The third-order valence-electron chi connectivity index (χ3n) is 4.03. The Kier molecular flexibility index (Phi) is 4.26. The summed E-state index contributed by atoms with van der Waals surface area (Å²) in [6, 6.07) is 4.47. The molecule has 0 aromatic heterocycles. The second kappa shape index (κ2) is 5.59. The minimum Gasteiger partial charge on any atom is -0.375 e. The molecule has 1 saturated heterocycles. The summed E-state index contributed by atoms with van der Waals surface area (Å²) in [6.07, 6.45) is -0.0379. The average Bonchev–Trinajstić information content (AvgIpc) is 2.58. The Bertz CT molecular complexity index is 469. The molecular formula is C15H18ClFO2. The molecule has 2 nitrogen and oxygen atoms in total. The van der Waals surface area contributed by atoms with Gasteiger partial charge in [0.2, 0.25) is 0 Å². The zero-order valence-electron chi connectivity index (χ0n) is 11.3. The molecule has 2 rings (SSSR count). The zero-order valence-corrected chi connectivity index (χ0v) is 12.1. The van der Waals surface area contributed by atoms with Gasteiger partial charge in [0.15, 0.2) is 0 Å². The van der Waals surface area contributed by atoms with Crippen LogP contribution in [0.1, 0.15) is 26.3 Å². The van der Waals surface area contributed by atoms with E-state index in [2.05, 4.69) is 0 Å². The number of ether oxygens (including phenoxy) is 1. The van der Waals surface area contributed by atoms with Gasteiger partial charge in [0.25, 0.3) is 0 Å². The van der Waals surface area contributed by atoms with Crippen LogP contribution in [0.25, 0.3) is 0 Å². The molecule has 0 bridgehead atoms. The first kappa shape index (κ1) is 14.5. The molecule has 1 heterocycles. The maximum Gasteiger partial charge on any atom is 0.143 e. The zero-order chi connectivity index (χ0) is 14.2. The number of hydrogen-bond acceptors (Lipinski definition) is 2. The summed E-state index contributed by atoms with van der Waals surface area (Å²) in [5.41, 5.74) is 0.285. The summed E-state index contributed by atoms with van der Waals surface area (Å²) in [5.74, 6) is -0.469. The van der Waals surface area contributed by atoms with Crippen molar-refractivity contribution in [3.63, 3.8) is 0 Å². The van der Waals surface area contributed by atoms with E-state index in [-0.39, 0.29) is 41.8 Å². The number of carbonyl (C=O) groups is 1. The number of Topliss-reactive ketones (excluding diaryl/α,β-unsaturated/α-hetero) is 1. The summed E-state index contributed by atoms with van der Waals surface area (Å²) < 4.78 is 19.4.